The van der Waals surface area contributed by atoms with Gasteiger partial charge in [0.1, 0.15) is 24.0 Å². The van der Waals surface area contributed by atoms with E-state index < -0.39 is 17.6 Å². The van der Waals surface area contributed by atoms with E-state index in [2.05, 4.69) is 20.9 Å². The average molecular weight is 514 g/mol. The summed E-state index contributed by atoms with van der Waals surface area (Å²) in [5.41, 5.74) is 4.62. The molecule has 0 saturated carbocycles. The first-order valence-electron chi connectivity index (χ1n) is 10.7. The minimum atomic E-state index is -0.642. The van der Waals surface area contributed by atoms with Gasteiger partial charge in [-0.25, -0.2) is 13.6 Å². The van der Waals surface area contributed by atoms with E-state index in [-0.39, 0.29) is 12.2 Å². The van der Waals surface area contributed by atoms with Crippen LogP contribution in [-0.4, -0.2) is 17.6 Å². The van der Waals surface area contributed by atoms with Crippen LogP contribution in [0.4, 0.5) is 8.78 Å². The molecule has 0 radical (unpaired) electrons. The minimum Gasteiger partial charge on any atom is -0.488 e. The van der Waals surface area contributed by atoms with E-state index in [1.54, 1.807) is 19.2 Å². The van der Waals surface area contributed by atoms with Crippen LogP contribution in [0.25, 0.3) is 11.1 Å². The summed E-state index contributed by atoms with van der Waals surface area (Å²) in [6.07, 6.45) is 5.86. The fraction of sp³-hybridized carbons (Fsp3) is 0.231. The molecule has 0 amide bonds. The van der Waals surface area contributed by atoms with Crippen LogP contribution >= 0.6 is 15.9 Å². The summed E-state index contributed by atoms with van der Waals surface area (Å²) in [4.78, 5) is 16.4. The normalized spacial score (nSPS) is 13.3. The minimum absolute atomic E-state index is 0.0245. The Morgan fingerprint density at radius 2 is 1.88 bits per heavy atom. The second kappa shape index (κ2) is 10.3. The SMILES string of the molecule is CCOC(=O)c1cncc(C2=C(c3cc(Br)ccc3OCc3ccc(F)cc3F)CCC2)c1. The van der Waals surface area contributed by atoms with Crippen molar-refractivity contribution in [2.75, 3.05) is 6.61 Å². The molecule has 1 heterocycles. The maximum atomic E-state index is 14.1. The zero-order valence-corrected chi connectivity index (χ0v) is 19.6. The van der Waals surface area contributed by atoms with Crippen LogP contribution in [0, 0.1) is 11.6 Å². The molecule has 0 aliphatic heterocycles. The van der Waals surface area contributed by atoms with E-state index in [0.29, 0.717) is 17.9 Å². The molecule has 1 aliphatic rings. The van der Waals surface area contributed by atoms with Gasteiger partial charge < -0.3 is 9.47 Å². The maximum Gasteiger partial charge on any atom is 0.339 e. The van der Waals surface area contributed by atoms with Crippen molar-refractivity contribution >= 4 is 33.0 Å². The number of nitrogens with zero attached hydrogens (tertiary/aromatic N) is 1. The number of carbonyl (C=O) groups is 1. The molecule has 4 nitrogen and oxygen atoms in total. The molecule has 0 spiro atoms. The Morgan fingerprint density at radius 1 is 1.06 bits per heavy atom. The molecule has 0 fully saturated rings. The van der Waals surface area contributed by atoms with Gasteiger partial charge in [-0.15, -0.1) is 0 Å². The molecule has 170 valence electrons. The number of benzene rings is 2. The van der Waals surface area contributed by atoms with Crippen molar-refractivity contribution in [3.8, 4) is 5.75 Å². The van der Waals surface area contributed by atoms with Crippen molar-refractivity contribution in [1.82, 2.24) is 4.98 Å². The van der Waals surface area contributed by atoms with Gasteiger partial charge in [0.15, 0.2) is 0 Å². The van der Waals surface area contributed by atoms with E-state index in [1.165, 1.54) is 18.3 Å². The summed E-state index contributed by atoms with van der Waals surface area (Å²) >= 11 is 3.53. The van der Waals surface area contributed by atoms with Crippen LogP contribution in [0.1, 0.15) is 53.2 Å². The number of esters is 1. The summed E-state index contributed by atoms with van der Waals surface area (Å²) in [6.45, 7) is 2.03. The van der Waals surface area contributed by atoms with Crippen molar-refractivity contribution < 1.29 is 23.0 Å². The highest BCUT2D eigenvalue weighted by atomic mass is 79.9. The standard InChI is InChI=1S/C26H22BrF2NO3/c1-2-32-26(31)18-10-17(13-30-14-18)21-4-3-5-22(21)23-11-19(27)7-9-25(23)33-15-16-6-8-20(28)12-24(16)29/h6-14H,2-5,15H2,1H3. The van der Waals surface area contributed by atoms with Gasteiger partial charge in [0.2, 0.25) is 0 Å². The van der Waals surface area contributed by atoms with Crippen LogP contribution in [0.15, 0.2) is 59.3 Å². The molecule has 1 aromatic heterocycles. The van der Waals surface area contributed by atoms with Crippen molar-refractivity contribution in [1.29, 1.82) is 0 Å². The van der Waals surface area contributed by atoms with Gasteiger partial charge in [0, 0.05) is 34.1 Å². The van der Waals surface area contributed by atoms with Crippen LogP contribution in [0.2, 0.25) is 0 Å². The number of aromatic nitrogens is 1. The summed E-state index contributed by atoms with van der Waals surface area (Å²) < 4.78 is 39.3. The number of hydrogen-bond acceptors (Lipinski definition) is 4. The molecule has 0 N–H and O–H groups in total. The number of rotatable bonds is 7. The molecule has 4 rings (SSSR count). The Hall–Kier alpha value is -3.06. The first kappa shape index (κ1) is 23.1. The van der Waals surface area contributed by atoms with Crippen LogP contribution in [0.3, 0.4) is 0 Å². The molecule has 3 aromatic rings. The largest absolute Gasteiger partial charge is 0.488 e. The van der Waals surface area contributed by atoms with E-state index in [0.717, 1.165) is 52.1 Å². The third-order valence-corrected chi connectivity index (χ3v) is 5.97. The van der Waals surface area contributed by atoms with Gasteiger partial charge >= 0.3 is 5.97 Å². The van der Waals surface area contributed by atoms with Gasteiger partial charge in [-0.2, -0.15) is 0 Å². The smallest absolute Gasteiger partial charge is 0.339 e. The third-order valence-electron chi connectivity index (χ3n) is 5.48. The zero-order valence-electron chi connectivity index (χ0n) is 18.0. The molecule has 0 bridgehead atoms. The number of halogens is 3. The van der Waals surface area contributed by atoms with Crippen molar-refractivity contribution in [2.45, 2.75) is 32.8 Å². The molecule has 2 aromatic carbocycles. The first-order chi connectivity index (χ1) is 16.0. The van der Waals surface area contributed by atoms with E-state index >= 15 is 0 Å². The number of pyridine rings is 1. The third kappa shape index (κ3) is 5.30. The maximum absolute atomic E-state index is 14.1. The molecule has 0 atom stereocenters. The molecule has 0 unspecified atom stereocenters. The number of ether oxygens (including phenoxy) is 2. The summed E-state index contributed by atoms with van der Waals surface area (Å²) in [5.74, 6) is -1.07. The predicted molar refractivity (Wildman–Crippen MR) is 126 cm³/mol. The lowest BCUT2D eigenvalue weighted by Gasteiger charge is -2.16. The summed E-state index contributed by atoms with van der Waals surface area (Å²) in [7, 11) is 0. The number of hydrogen-bond donors (Lipinski definition) is 0. The topological polar surface area (TPSA) is 48.4 Å². The zero-order chi connectivity index (χ0) is 23.4. The molecular weight excluding hydrogens is 492 g/mol. The van der Waals surface area contributed by atoms with Gasteiger partial charge in [-0.3, -0.25) is 4.98 Å². The number of allylic oxidation sites excluding steroid dienone is 2. The molecule has 7 heteroatoms. The molecular formula is C26H22BrF2NO3. The Balaban J connectivity index is 1.69. The Morgan fingerprint density at radius 3 is 2.67 bits per heavy atom. The highest BCUT2D eigenvalue weighted by Gasteiger charge is 2.22. The van der Waals surface area contributed by atoms with E-state index in [4.69, 9.17) is 9.47 Å². The second-order valence-corrected chi connectivity index (χ2v) is 8.57. The lowest BCUT2D eigenvalue weighted by atomic mass is 9.96. The van der Waals surface area contributed by atoms with Crippen molar-refractivity contribution in [3.05, 3.63) is 93.2 Å². The highest BCUT2D eigenvalue weighted by Crippen LogP contribution is 2.43. The molecule has 33 heavy (non-hydrogen) atoms. The highest BCUT2D eigenvalue weighted by molar-refractivity contribution is 9.10. The van der Waals surface area contributed by atoms with Gasteiger partial charge in [-0.05, 0) is 79.3 Å². The summed E-state index contributed by atoms with van der Waals surface area (Å²) in [5, 5.41) is 0. The van der Waals surface area contributed by atoms with Gasteiger partial charge in [-0.1, -0.05) is 15.9 Å². The van der Waals surface area contributed by atoms with Crippen molar-refractivity contribution in [2.24, 2.45) is 0 Å². The Labute approximate surface area is 199 Å². The molecule has 0 saturated heterocycles. The lowest BCUT2D eigenvalue weighted by molar-refractivity contribution is 0.0526. The summed E-state index contributed by atoms with van der Waals surface area (Å²) in [6, 6.07) is 10.9. The van der Waals surface area contributed by atoms with Gasteiger partial charge in [0.25, 0.3) is 0 Å². The predicted octanol–water partition coefficient (Wildman–Crippen LogP) is 6.97. The monoisotopic (exact) mass is 513 g/mol. The van der Waals surface area contributed by atoms with Crippen molar-refractivity contribution in [3.63, 3.8) is 0 Å². The number of carbonyl (C=O) groups excluding carboxylic acids is 1. The quantitative estimate of drug-likeness (QED) is 0.320. The van der Waals surface area contributed by atoms with Crippen LogP contribution in [-0.2, 0) is 11.3 Å². The Bertz CT molecular complexity index is 1230. The second-order valence-electron chi connectivity index (χ2n) is 7.66. The molecule has 1 aliphatic carbocycles. The fourth-order valence-electron chi connectivity index (χ4n) is 3.95. The van der Waals surface area contributed by atoms with E-state index in [9.17, 15) is 13.6 Å². The Kier molecular flexibility index (Phi) is 7.18. The lowest BCUT2D eigenvalue weighted by Crippen LogP contribution is -2.05. The van der Waals surface area contributed by atoms with Gasteiger partial charge in [0.05, 0.1) is 12.2 Å². The van der Waals surface area contributed by atoms with Crippen LogP contribution in [0.5, 0.6) is 5.75 Å². The average Bonchev–Trinajstić information content (AvgIpc) is 3.29. The van der Waals surface area contributed by atoms with Crippen LogP contribution < -0.4 is 4.74 Å². The fourth-order valence-corrected chi connectivity index (χ4v) is 4.31. The van der Waals surface area contributed by atoms with E-state index in [1.807, 2.05) is 18.2 Å². The first-order valence-corrected chi connectivity index (χ1v) is 11.5.